The van der Waals surface area contributed by atoms with E-state index in [1.165, 1.54) is 7.11 Å². The van der Waals surface area contributed by atoms with Crippen LogP contribution in [-0.2, 0) is 22.6 Å². The van der Waals surface area contributed by atoms with Crippen molar-refractivity contribution in [1.29, 1.82) is 0 Å². The lowest BCUT2D eigenvalue weighted by molar-refractivity contribution is -0.143. The number of methoxy groups -OCH3 is 2. The number of rotatable bonds is 6. The van der Waals surface area contributed by atoms with Crippen LogP contribution in [0.1, 0.15) is 28.4 Å². The molecule has 0 saturated carbocycles. The third-order valence-electron chi connectivity index (χ3n) is 6.16. The Morgan fingerprint density at radius 3 is 2.55 bits per heavy atom. The summed E-state index contributed by atoms with van der Waals surface area (Å²) in [6.45, 7) is 0.453. The van der Waals surface area contributed by atoms with Crippen molar-refractivity contribution in [2.45, 2.75) is 25.1 Å². The van der Waals surface area contributed by atoms with Gasteiger partial charge in [0.1, 0.15) is 12.6 Å². The predicted molar refractivity (Wildman–Crippen MR) is 127 cm³/mol. The summed E-state index contributed by atoms with van der Waals surface area (Å²) >= 11 is 0. The zero-order chi connectivity index (χ0) is 22.8. The zero-order valence-electron chi connectivity index (χ0n) is 18.6. The number of ether oxygens (including phenoxy) is 3. The smallest absolute Gasteiger partial charge is 0.323 e. The van der Waals surface area contributed by atoms with Crippen LogP contribution in [0.2, 0.25) is 0 Å². The van der Waals surface area contributed by atoms with Gasteiger partial charge in [0.2, 0.25) is 0 Å². The Labute approximate surface area is 192 Å². The van der Waals surface area contributed by atoms with Gasteiger partial charge in [0, 0.05) is 23.0 Å². The molecule has 1 aliphatic rings. The molecule has 1 aromatic heterocycles. The second kappa shape index (κ2) is 9.00. The maximum absolute atomic E-state index is 12.5. The summed E-state index contributed by atoms with van der Waals surface area (Å²) in [6.07, 6.45) is 0.567. The third kappa shape index (κ3) is 4.05. The van der Waals surface area contributed by atoms with E-state index in [1.54, 1.807) is 7.11 Å². The van der Waals surface area contributed by atoms with Crippen molar-refractivity contribution < 1.29 is 19.0 Å². The first-order chi connectivity index (χ1) is 16.2. The number of para-hydroxylation sites is 1. The van der Waals surface area contributed by atoms with Gasteiger partial charge in [0.15, 0.2) is 11.5 Å². The van der Waals surface area contributed by atoms with E-state index >= 15 is 0 Å². The van der Waals surface area contributed by atoms with Crippen molar-refractivity contribution in [3.05, 3.63) is 95.2 Å². The van der Waals surface area contributed by atoms with E-state index in [-0.39, 0.29) is 12.0 Å². The van der Waals surface area contributed by atoms with Crippen LogP contribution < -0.4 is 14.8 Å². The lowest BCUT2D eigenvalue weighted by Gasteiger charge is -2.30. The highest BCUT2D eigenvalue weighted by Gasteiger charge is 2.34. The number of H-pyrrole nitrogens is 1. The highest BCUT2D eigenvalue weighted by Crippen LogP contribution is 2.38. The number of hydrogen-bond acceptors (Lipinski definition) is 5. The van der Waals surface area contributed by atoms with E-state index in [1.807, 2.05) is 60.7 Å². The lowest BCUT2D eigenvalue weighted by Crippen LogP contribution is -2.45. The Bertz CT molecular complexity index is 1280. The maximum Gasteiger partial charge on any atom is 0.323 e. The molecule has 0 saturated heterocycles. The van der Waals surface area contributed by atoms with Gasteiger partial charge >= 0.3 is 5.97 Å². The zero-order valence-corrected chi connectivity index (χ0v) is 18.6. The van der Waals surface area contributed by atoms with Gasteiger partial charge in [0.05, 0.1) is 20.3 Å². The standard InChI is InChI=1S/C27H26N2O4/c1-31-24-14-18(12-13-23(24)33-16-17-8-4-3-5-9-17)25-26-20(15-22(29-25)27(30)32-2)19-10-6-7-11-21(19)28-26/h3-14,22,25,28-29H,15-16H2,1-2H3. The minimum absolute atomic E-state index is 0.220. The molecular formula is C27H26N2O4. The number of fused-ring (bicyclic) bond motifs is 3. The van der Waals surface area contributed by atoms with Gasteiger partial charge in [0.25, 0.3) is 0 Å². The first kappa shape index (κ1) is 21.1. The average molecular weight is 443 g/mol. The molecule has 6 heteroatoms. The second-order valence-electron chi connectivity index (χ2n) is 8.13. The number of carbonyl (C=O) groups excluding carboxylic acids is 1. The van der Waals surface area contributed by atoms with Crippen LogP contribution in [0.25, 0.3) is 10.9 Å². The van der Waals surface area contributed by atoms with Crippen molar-refractivity contribution in [1.82, 2.24) is 10.3 Å². The van der Waals surface area contributed by atoms with Crippen LogP contribution in [0.5, 0.6) is 11.5 Å². The Morgan fingerprint density at radius 1 is 0.970 bits per heavy atom. The van der Waals surface area contributed by atoms with E-state index < -0.39 is 6.04 Å². The first-order valence-electron chi connectivity index (χ1n) is 11.0. The van der Waals surface area contributed by atoms with E-state index in [0.29, 0.717) is 24.5 Å². The Balaban J connectivity index is 1.50. The van der Waals surface area contributed by atoms with Crippen molar-refractivity contribution in [3.63, 3.8) is 0 Å². The highest BCUT2D eigenvalue weighted by molar-refractivity contribution is 5.87. The van der Waals surface area contributed by atoms with Crippen molar-refractivity contribution in [2.24, 2.45) is 0 Å². The molecule has 33 heavy (non-hydrogen) atoms. The largest absolute Gasteiger partial charge is 0.493 e. The van der Waals surface area contributed by atoms with Crippen LogP contribution in [0.4, 0.5) is 0 Å². The van der Waals surface area contributed by atoms with Crippen molar-refractivity contribution >= 4 is 16.9 Å². The van der Waals surface area contributed by atoms with Gasteiger partial charge in [-0.1, -0.05) is 54.6 Å². The van der Waals surface area contributed by atoms with E-state index in [2.05, 4.69) is 22.4 Å². The molecule has 1 aliphatic heterocycles. The summed E-state index contributed by atoms with van der Waals surface area (Å²) < 4.78 is 16.7. The van der Waals surface area contributed by atoms with Gasteiger partial charge in [-0.05, 0) is 34.9 Å². The molecular weight excluding hydrogens is 416 g/mol. The van der Waals surface area contributed by atoms with Gasteiger partial charge in [-0.25, -0.2) is 0 Å². The molecule has 0 bridgehead atoms. The minimum atomic E-state index is -0.438. The van der Waals surface area contributed by atoms with Crippen LogP contribution >= 0.6 is 0 Å². The van der Waals surface area contributed by atoms with Crippen LogP contribution in [-0.4, -0.2) is 31.2 Å². The molecule has 2 atom stereocenters. The van der Waals surface area contributed by atoms with Crippen molar-refractivity contribution in [3.8, 4) is 11.5 Å². The summed E-state index contributed by atoms with van der Waals surface area (Å²) in [7, 11) is 3.06. The van der Waals surface area contributed by atoms with Gasteiger partial charge in [-0.2, -0.15) is 0 Å². The summed E-state index contributed by atoms with van der Waals surface area (Å²) in [5.41, 5.74) is 5.29. The SMILES string of the molecule is COC(=O)C1Cc2c([nH]c3ccccc23)C(c2ccc(OCc3ccccc3)c(OC)c2)N1. The number of carbonyl (C=O) groups is 1. The molecule has 0 aliphatic carbocycles. The molecule has 6 nitrogen and oxygen atoms in total. The Morgan fingerprint density at radius 2 is 1.76 bits per heavy atom. The van der Waals surface area contributed by atoms with Crippen LogP contribution in [0.15, 0.2) is 72.8 Å². The minimum Gasteiger partial charge on any atom is -0.493 e. The quantitative estimate of drug-likeness (QED) is 0.429. The molecule has 2 unspecified atom stereocenters. The molecule has 5 rings (SSSR count). The molecule has 0 radical (unpaired) electrons. The molecule has 2 N–H and O–H groups in total. The number of hydrogen-bond donors (Lipinski definition) is 2. The first-order valence-corrected chi connectivity index (χ1v) is 11.0. The van der Waals surface area contributed by atoms with Crippen LogP contribution in [0.3, 0.4) is 0 Å². The number of esters is 1. The maximum atomic E-state index is 12.5. The number of aromatic amines is 1. The number of nitrogens with one attached hydrogen (secondary N) is 2. The number of aromatic nitrogens is 1. The van der Waals surface area contributed by atoms with Gasteiger partial charge < -0.3 is 19.2 Å². The van der Waals surface area contributed by atoms with Gasteiger partial charge in [-0.3, -0.25) is 10.1 Å². The molecule has 0 amide bonds. The fourth-order valence-electron chi connectivity index (χ4n) is 4.51. The van der Waals surface area contributed by atoms with Crippen LogP contribution in [0, 0.1) is 0 Å². The van der Waals surface area contributed by atoms with E-state index in [0.717, 1.165) is 33.3 Å². The van der Waals surface area contributed by atoms with E-state index in [9.17, 15) is 4.79 Å². The molecule has 3 aromatic carbocycles. The molecule has 0 spiro atoms. The fourth-order valence-corrected chi connectivity index (χ4v) is 4.51. The van der Waals surface area contributed by atoms with Gasteiger partial charge in [-0.15, -0.1) is 0 Å². The predicted octanol–water partition coefficient (Wildman–Crippen LogP) is 4.53. The Kier molecular flexibility index (Phi) is 5.75. The molecule has 0 fully saturated rings. The highest BCUT2D eigenvalue weighted by atomic mass is 16.5. The monoisotopic (exact) mass is 442 g/mol. The van der Waals surface area contributed by atoms with E-state index in [4.69, 9.17) is 14.2 Å². The van der Waals surface area contributed by atoms with Crippen molar-refractivity contribution in [2.75, 3.05) is 14.2 Å². The third-order valence-corrected chi connectivity index (χ3v) is 6.16. The molecule has 2 heterocycles. The summed E-state index contributed by atoms with van der Waals surface area (Å²) in [5, 5.41) is 4.59. The fraction of sp³-hybridized carbons (Fsp3) is 0.222. The molecule has 168 valence electrons. The Hall–Kier alpha value is -3.77. The number of benzene rings is 3. The summed E-state index contributed by atoms with van der Waals surface area (Å²) in [4.78, 5) is 16.0. The topological polar surface area (TPSA) is 72.6 Å². The lowest BCUT2D eigenvalue weighted by atomic mass is 9.90. The summed E-state index contributed by atoms with van der Waals surface area (Å²) in [6, 6.07) is 23.4. The average Bonchev–Trinajstić information content (AvgIpc) is 3.25. The summed E-state index contributed by atoms with van der Waals surface area (Å²) in [5.74, 6) is 1.04. The molecule has 4 aromatic rings. The second-order valence-corrected chi connectivity index (χ2v) is 8.13. The normalized spacial score (nSPS) is 17.4.